The lowest BCUT2D eigenvalue weighted by Gasteiger charge is -2.38. The molecule has 1 atom stereocenters. The topological polar surface area (TPSA) is 45.7 Å². The Kier molecular flexibility index (Phi) is 8.68. The van der Waals surface area contributed by atoms with E-state index >= 15 is 0 Å². The Morgan fingerprint density at radius 1 is 1.15 bits per heavy atom. The number of hydrogen-bond donors (Lipinski definition) is 2. The molecule has 0 saturated carbocycles. The summed E-state index contributed by atoms with van der Waals surface area (Å²) in [5, 5.41) is 7.01. The van der Waals surface area contributed by atoms with Crippen LogP contribution in [-0.2, 0) is 10.2 Å². The van der Waals surface area contributed by atoms with Gasteiger partial charge in [-0.05, 0) is 56.1 Å². The van der Waals surface area contributed by atoms with Crippen molar-refractivity contribution in [3.05, 3.63) is 35.6 Å². The average molecular weight is 507 g/mol. The lowest BCUT2D eigenvalue weighted by molar-refractivity contribution is 0.0513. The van der Waals surface area contributed by atoms with Crippen LogP contribution in [0.2, 0.25) is 0 Å². The van der Waals surface area contributed by atoms with Gasteiger partial charge < -0.3 is 15.4 Å². The Bertz CT molecular complexity index is 614. The Balaban J connectivity index is 0.00000261. The highest BCUT2D eigenvalue weighted by molar-refractivity contribution is 14.0. The van der Waals surface area contributed by atoms with Crippen LogP contribution in [0.1, 0.15) is 38.2 Å². The molecule has 1 aromatic rings. The number of hydrogen-bond acceptors (Lipinski definition) is 3. The molecule has 7 heteroatoms. The van der Waals surface area contributed by atoms with E-state index in [1.165, 1.54) is 24.2 Å². The van der Waals surface area contributed by atoms with E-state index in [2.05, 4.69) is 22.5 Å². The summed E-state index contributed by atoms with van der Waals surface area (Å²) in [4.78, 5) is 4.40. The number of guanidine groups is 1. The van der Waals surface area contributed by atoms with Gasteiger partial charge in [-0.3, -0.25) is 4.99 Å². The van der Waals surface area contributed by atoms with Gasteiger partial charge in [-0.15, -0.1) is 24.0 Å². The van der Waals surface area contributed by atoms with Gasteiger partial charge in [-0.2, -0.15) is 11.8 Å². The zero-order valence-corrected chi connectivity index (χ0v) is 19.4. The van der Waals surface area contributed by atoms with Gasteiger partial charge in [0, 0.05) is 43.5 Å². The lowest BCUT2D eigenvalue weighted by Crippen LogP contribution is -2.50. The third-order valence-corrected chi connectivity index (χ3v) is 7.19. The van der Waals surface area contributed by atoms with Crippen molar-refractivity contribution in [2.24, 2.45) is 4.99 Å². The first kappa shape index (κ1) is 22.7. The molecule has 2 heterocycles. The molecule has 0 bridgehead atoms. The summed E-state index contributed by atoms with van der Waals surface area (Å²) in [5.74, 6) is 1.90. The Labute approximate surface area is 183 Å². The Morgan fingerprint density at radius 3 is 2.41 bits per heavy atom. The summed E-state index contributed by atoms with van der Waals surface area (Å²) in [6.45, 7) is 5.48. The smallest absolute Gasteiger partial charge is 0.191 e. The second-order valence-corrected chi connectivity index (χ2v) is 9.26. The standard InChI is InChI=1S/C20H30FN3OS.HI/c1-19(8-3-13-26-19)14-23-18(22-2)24-15-20(9-11-25-12-10-20)16-4-6-17(21)7-5-16;/h4-7H,3,8-15H2,1-2H3,(H2,22,23,24);1H. The zero-order chi connectivity index (χ0) is 18.5. The molecule has 4 nitrogen and oxygen atoms in total. The largest absolute Gasteiger partial charge is 0.381 e. The van der Waals surface area contributed by atoms with E-state index in [4.69, 9.17) is 4.74 Å². The van der Waals surface area contributed by atoms with Gasteiger partial charge in [-0.1, -0.05) is 12.1 Å². The number of benzene rings is 1. The number of aliphatic imine (C=N–C) groups is 1. The van der Waals surface area contributed by atoms with Crippen molar-refractivity contribution in [2.75, 3.05) is 39.1 Å². The van der Waals surface area contributed by atoms with Gasteiger partial charge in [0.1, 0.15) is 5.82 Å². The molecule has 152 valence electrons. The van der Waals surface area contributed by atoms with Gasteiger partial charge in [-0.25, -0.2) is 4.39 Å². The summed E-state index contributed by atoms with van der Waals surface area (Å²) in [6.07, 6.45) is 4.40. The molecule has 27 heavy (non-hydrogen) atoms. The summed E-state index contributed by atoms with van der Waals surface area (Å²) in [5.41, 5.74) is 1.12. The van der Waals surface area contributed by atoms with Crippen molar-refractivity contribution in [1.82, 2.24) is 10.6 Å². The Morgan fingerprint density at radius 2 is 1.81 bits per heavy atom. The predicted octanol–water partition coefficient (Wildman–Crippen LogP) is 3.94. The fraction of sp³-hybridized carbons (Fsp3) is 0.650. The van der Waals surface area contributed by atoms with Crippen LogP contribution in [0.4, 0.5) is 4.39 Å². The van der Waals surface area contributed by atoms with Gasteiger partial charge in [0.2, 0.25) is 0 Å². The minimum atomic E-state index is -0.191. The SMILES string of the molecule is CN=C(NCC1(C)CCCS1)NCC1(c2ccc(F)cc2)CCOCC1.I. The first-order valence-corrected chi connectivity index (χ1v) is 10.5. The third-order valence-electron chi connectivity index (χ3n) is 5.65. The van der Waals surface area contributed by atoms with E-state index < -0.39 is 0 Å². The van der Waals surface area contributed by atoms with Crippen LogP contribution < -0.4 is 10.6 Å². The number of rotatable bonds is 5. The maximum Gasteiger partial charge on any atom is 0.191 e. The highest BCUT2D eigenvalue weighted by Crippen LogP contribution is 2.37. The van der Waals surface area contributed by atoms with Crippen LogP contribution >= 0.6 is 35.7 Å². The quantitative estimate of drug-likeness (QED) is 0.360. The maximum atomic E-state index is 13.4. The zero-order valence-electron chi connectivity index (χ0n) is 16.2. The van der Waals surface area contributed by atoms with Gasteiger partial charge in [0.05, 0.1) is 0 Å². The van der Waals surface area contributed by atoms with Crippen LogP contribution in [0.15, 0.2) is 29.3 Å². The number of nitrogens with zero attached hydrogens (tertiary/aromatic N) is 1. The second kappa shape index (κ2) is 10.3. The molecule has 0 amide bonds. The molecule has 0 radical (unpaired) electrons. The maximum absolute atomic E-state index is 13.4. The summed E-state index contributed by atoms with van der Waals surface area (Å²) < 4.78 is 19.2. The average Bonchev–Trinajstić information content (AvgIpc) is 3.10. The fourth-order valence-electron chi connectivity index (χ4n) is 3.85. The normalized spacial score (nSPS) is 24.9. The molecular formula is C20H31FIN3OS. The highest BCUT2D eigenvalue weighted by atomic mass is 127. The Hall–Kier alpha value is -0.540. The van der Waals surface area contributed by atoms with Crippen LogP contribution in [0.25, 0.3) is 0 Å². The molecule has 1 unspecified atom stereocenters. The van der Waals surface area contributed by atoms with Crippen molar-refractivity contribution < 1.29 is 9.13 Å². The minimum Gasteiger partial charge on any atom is -0.381 e. The number of thioether (sulfide) groups is 1. The van der Waals surface area contributed by atoms with E-state index in [-0.39, 0.29) is 35.2 Å². The molecule has 1 aromatic carbocycles. The lowest BCUT2D eigenvalue weighted by atomic mass is 9.74. The van der Waals surface area contributed by atoms with Crippen LogP contribution in [0, 0.1) is 5.82 Å². The monoisotopic (exact) mass is 507 g/mol. The van der Waals surface area contributed by atoms with Crippen molar-refractivity contribution >= 4 is 41.7 Å². The van der Waals surface area contributed by atoms with Crippen LogP contribution in [-0.4, -0.2) is 49.8 Å². The molecule has 2 aliphatic heterocycles. The first-order valence-electron chi connectivity index (χ1n) is 9.48. The molecular weight excluding hydrogens is 476 g/mol. The van der Waals surface area contributed by atoms with Crippen LogP contribution in [0.3, 0.4) is 0 Å². The molecule has 3 rings (SSSR count). The van der Waals surface area contributed by atoms with Crippen LogP contribution in [0.5, 0.6) is 0 Å². The molecule has 2 aliphatic rings. The summed E-state index contributed by atoms with van der Waals surface area (Å²) in [7, 11) is 1.81. The molecule has 2 fully saturated rings. The molecule has 0 aromatic heterocycles. The summed E-state index contributed by atoms with van der Waals surface area (Å²) in [6, 6.07) is 6.93. The van der Waals surface area contributed by atoms with E-state index in [9.17, 15) is 4.39 Å². The summed E-state index contributed by atoms with van der Waals surface area (Å²) >= 11 is 2.04. The molecule has 2 saturated heterocycles. The molecule has 0 spiro atoms. The van der Waals surface area contributed by atoms with Crippen molar-refractivity contribution in [2.45, 2.75) is 42.8 Å². The van der Waals surface area contributed by atoms with E-state index in [1.807, 2.05) is 30.9 Å². The highest BCUT2D eigenvalue weighted by Gasteiger charge is 2.35. The van der Waals surface area contributed by atoms with Crippen molar-refractivity contribution in [1.29, 1.82) is 0 Å². The number of ether oxygens (including phenoxy) is 1. The van der Waals surface area contributed by atoms with Crippen molar-refractivity contribution in [3.8, 4) is 0 Å². The van der Waals surface area contributed by atoms with Gasteiger partial charge in [0.25, 0.3) is 0 Å². The van der Waals surface area contributed by atoms with Crippen molar-refractivity contribution in [3.63, 3.8) is 0 Å². The molecule has 0 aliphatic carbocycles. The fourth-order valence-corrected chi connectivity index (χ4v) is 5.10. The molecule has 2 N–H and O–H groups in total. The number of nitrogens with one attached hydrogen (secondary N) is 2. The third kappa shape index (κ3) is 5.97. The number of halogens is 2. The van der Waals surface area contributed by atoms with E-state index in [0.717, 1.165) is 45.1 Å². The predicted molar refractivity (Wildman–Crippen MR) is 123 cm³/mol. The van der Waals surface area contributed by atoms with Gasteiger partial charge in [0.15, 0.2) is 5.96 Å². The second-order valence-electron chi connectivity index (χ2n) is 7.58. The first-order chi connectivity index (χ1) is 12.6. The minimum absolute atomic E-state index is 0. The van der Waals surface area contributed by atoms with E-state index in [0.29, 0.717) is 4.75 Å². The van der Waals surface area contributed by atoms with E-state index in [1.54, 1.807) is 12.1 Å². The van der Waals surface area contributed by atoms with Gasteiger partial charge >= 0.3 is 0 Å².